The molecule has 0 amide bonds. The molecule has 6 nitrogen and oxygen atoms in total. The summed E-state index contributed by atoms with van der Waals surface area (Å²) in [5.74, 6) is 0. The maximum Gasteiger partial charge on any atom is 0.279 e. The van der Waals surface area contributed by atoms with Crippen LogP contribution in [0.3, 0.4) is 0 Å². The summed E-state index contributed by atoms with van der Waals surface area (Å²) < 4.78 is 33.7. The molecule has 1 rings (SSSR count). The maximum absolute atomic E-state index is 12.1. The van der Waals surface area contributed by atoms with Crippen molar-refractivity contribution >= 4 is 10.2 Å². The van der Waals surface area contributed by atoms with Crippen molar-refractivity contribution in [1.29, 1.82) is 0 Å². The molecular weight excluding hydrogens is 266 g/mol. The second kappa shape index (κ2) is 6.99. The van der Waals surface area contributed by atoms with Crippen LogP contribution in [0.1, 0.15) is 27.7 Å². The average molecular weight is 293 g/mol. The Kier molecular flexibility index (Phi) is 6.19. The molecule has 0 aromatic rings. The van der Waals surface area contributed by atoms with Crippen LogP contribution in [0.2, 0.25) is 0 Å². The Morgan fingerprint density at radius 3 is 2.21 bits per heavy atom. The van der Waals surface area contributed by atoms with Crippen LogP contribution in [0.25, 0.3) is 0 Å². The number of nitrogens with zero attached hydrogens (tertiary/aromatic N) is 2. The molecule has 0 aliphatic carbocycles. The van der Waals surface area contributed by atoms with Crippen molar-refractivity contribution in [2.24, 2.45) is 0 Å². The third-order valence-corrected chi connectivity index (χ3v) is 5.31. The quantitative estimate of drug-likeness (QED) is 0.732. The molecule has 0 atom stereocenters. The van der Waals surface area contributed by atoms with Gasteiger partial charge in [-0.15, -0.1) is 0 Å². The van der Waals surface area contributed by atoms with Crippen molar-refractivity contribution in [3.05, 3.63) is 0 Å². The highest BCUT2D eigenvalue weighted by molar-refractivity contribution is 7.87. The second-order valence-corrected chi connectivity index (χ2v) is 7.08. The first-order chi connectivity index (χ1) is 8.83. The van der Waals surface area contributed by atoms with Gasteiger partial charge in [-0.05, 0) is 13.8 Å². The summed E-state index contributed by atoms with van der Waals surface area (Å²) in [5, 5.41) is 0. The summed E-state index contributed by atoms with van der Waals surface area (Å²) in [6.07, 6.45) is 0. The van der Waals surface area contributed by atoms with E-state index in [1.807, 2.05) is 13.8 Å². The summed E-state index contributed by atoms with van der Waals surface area (Å²) in [6.45, 7) is 12.3. The van der Waals surface area contributed by atoms with E-state index < -0.39 is 10.2 Å². The largest absolute Gasteiger partial charge is 0.379 e. The van der Waals surface area contributed by atoms with Gasteiger partial charge in [0.25, 0.3) is 10.2 Å². The van der Waals surface area contributed by atoms with Gasteiger partial charge < -0.3 is 4.74 Å². The van der Waals surface area contributed by atoms with E-state index in [0.717, 1.165) is 13.1 Å². The first kappa shape index (κ1) is 16.8. The van der Waals surface area contributed by atoms with Gasteiger partial charge in [0, 0.05) is 38.3 Å². The zero-order valence-corrected chi connectivity index (χ0v) is 13.3. The molecule has 0 aromatic carbocycles. The highest BCUT2D eigenvalue weighted by Gasteiger charge is 2.30. The van der Waals surface area contributed by atoms with Crippen molar-refractivity contribution in [2.45, 2.75) is 33.2 Å². The lowest BCUT2D eigenvalue weighted by atomic mass is 10.0. The van der Waals surface area contributed by atoms with Gasteiger partial charge in [-0.25, -0.2) is 4.72 Å². The topological polar surface area (TPSA) is 61.9 Å². The van der Waals surface area contributed by atoms with Crippen molar-refractivity contribution in [2.75, 3.05) is 45.9 Å². The molecule has 0 aromatic heterocycles. The summed E-state index contributed by atoms with van der Waals surface area (Å²) in [7, 11) is -3.37. The number of nitrogens with one attached hydrogen (secondary N) is 1. The predicted octanol–water partition coefficient (Wildman–Crippen LogP) is 0.273. The van der Waals surface area contributed by atoms with Gasteiger partial charge in [0.15, 0.2) is 0 Å². The smallest absolute Gasteiger partial charge is 0.279 e. The molecular formula is C12H27N3O3S. The van der Waals surface area contributed by atoms with Crippen LogP contribution in [-0.4, -0.2) is 69.1 Å². The number of hydrogen-bond acceptors (Lipinski definition) is 4. The van der Waals surface area contributed by atoms with Crippen LogP contribution in [0.15, 0.2) is 0 Å². The number of ether oxygens (including phenoxy) is 1. The van der Waals surface area contributed by atoms with Crippen molar-refractivity contribution in [1.82, 2.24) is 13.9 Å². The molecule has 1 heterocycles. The molecule has 1 fully saturated rings. The summed E-state index contributed by atoms with van der Waals surface area (Å²) >= 11 is 0. The zero-order chi connectivity index (χ0) is 14.5. The third-order valence-electron chi connectivity index (χ3n) is 3.60. The molecule has 1 aliphatic rings. The molecule has 0 radical (unpaired) electrons. The average Bonchev–Trinajstić information content (AvgIpc) is 2.39. The fourth-order valence-corrected chi connectivity index (χ4v) is 3.60. The predicted molar refractivity (Wildman–Crippen MR) is 76.3 cm³/mol. The lowest BCUT2D eigenvalue weighted by Gasteiger charge is -2.41. The highest BCUT2D eigenvalue weighted by atomic mass is 32.2. The lowest BCUT2D eigenvalue weighted by Crippen LogP contribution is -2.56. The zero-order valence-electron chi connectivity index (χ0n) is 12.5. The molecule has 0 saturated carbocycles. The van der Waals surface area contributed by atoms with Crippen LogP contribution < -0.4 is 4.72 Å². The highest BCUT2D eigenvalue weighted by Crippen LogP contribution is 2.15. The molecule has 1 N–H and O–H groups in total. The molecule has 1 aliphatic heterocycles. The van der Waals surface area contributed by atoms with E-state index in [4.69, 9.17) is 4.74 Å². The summed E-state index contributed by atoms with van der Waals surface area (Å²) in [5.41, 5.74) is -0.204. The Balaban J connectivity index is 2.58. The molecule has 7 heteroatoms. The molecule has 0 unspecified atom stereocenters. The third kappa shape index (κ3) is 4.68. The number of rotatable bonds is 7. The SMILES string of the molecule is CCN(CC)S(=O)(=O)NCC(C)(C)N1CCOCC1. The van der Waals surface area contributed by atoms with Crippen LogP contribution in [0.4, 0.5) is 0 Å². The van der Waals surface area contributed by atoms with E-state index in [1.54, 1.807) is 0 Å². The second-order valence-electron chi connectivity index (χ2n) is 5.32. The standard InChI is InChI=1S/C12H27N3O3S/c1-5-15(6-2)19(16,17)13-11-12(3,4)14-7-9-18-10-8-14/h13H,5-11H2,1-4H3. The monoisotopic (exact) mass is 293 g/mol. The van der Waals surface area contributed by atoms with Crippen LogP contribution in [0.5, 0.6) is 0 Å². The van der Waals surface area contributed by atoms with Gasteiger partial charge in [0.1, 0.15) is 0 Å². The minimum atomic E-state index is -3.37. The Hall–Kier alpha value is -0.210. The van der Waals surface area contributed by atoms with Crippen molar-refractivity contribution < 1.29 is 13.2 Å². The molecule has 0 bridgehead atoms. The van der Waals surface area contributed by atoms with Crippen LogP contribution >= 0.6 is 0 Å². The van der Waals surface area contributed by atoms with Crippen LogP contribution in [-0.2, 0) is 14.9 Å². The normalized spacial score (nSPS) is 19.0. The van der Waals surface area contributed by atoms with E-state index >= 15 is 0 Å². The van der Waals surface area contributed by atoms with Gasteiger partial charge in [-0.3, -0.25) is 4.90 Å². The molecule has 1 saturated heterocycles. The minimum Gasteiger partial charge on any atom is -0.379 e. The Morgan fingerprint density at radius 2 is 1.74 bits per heavy atom. The van der Waals surface area contributed by atoms with Gasteiger partial charge >= 0.3 is 0 Å². The fraction of sp³-hybridized carbons (Fsp3) is 1.00. The lowest BCUT2D eigenvalue weighted by molar-refractivity contribution is -0.00812. The van der Waals surface area contributed by atoms with Crippen molar-refractivity contribution in [3.8, 4) is 0 Å². The van der Waals surface area contributed by atoms with E-state index in [-0.39, 0.29) is 5.54 Å². The van der Waals surface area contributed by atoms with E-state index in [0.29, 0.717) is 32.8 Å². The van der Waals surface area contributed by atoms with E-state index in [2.05, 4.69) is 23.5 Å². The van der Waals surface area contributed by atoms with E-state index in [1.165, 1.54) is 4.31 Å². The summed E-state index contributed by atoms with van der Waals surface area (Å²) in [4.78, 5) is 2.27. The van der Waals surface area contributed by atoms with Crippen molar-refractivity contribution in [3.63, 3.8) is 0 Å². The van der Waals surface area contributed by atoms with Gasteiger partial charge in [-0.2, -0.15) is 12.7 Å². The Bertz CT molecular complexity index is 360. The molecule has 0 spiro atoms. The Labute approximate surface area is 117 Å². The van der Waals surface area contributed by atoms with E-state index in [9.17, 15) is 8.42 Å². The van der Waals surface area contributed by atoms with Gasteiger partial charge in [0.05, 0.1) is 13.2 Å². The molecule has 19 heavy (non-hydrogen) atoms. The molecule has 114 valence electrons. The first-order valence-electron chi connectivity index (χ1n) is 6.91. The maximum atomic E-state index is 12.1. The van der Waals surface area contributed by atoms with Gasteiger partial charge in [0.2, 0.25) is 0 Å². The number of morpholine rings is 1. The first-order valence-corrected chi connectivity index (χ1v) is 8.35. The fourth-order valence-electron chi connectivity index (χ4n) is 2.20. The Morgan fingerprint density at radius 1 is 1.21 bits per heavy atom. The summed E-state index contributed by atoms with van der Waals surface area (Å²) in [6, 6.07) is 0. The van der Waals surface area contributed by atoms with Gasteiger partial charge in [-0.1, -0.05) is 13.8 Å². The van der Waals surface area contributed by atoms with Crippen LogP contribution in [0, 0.1) is 0 Å². The minimum absolute atomic E-state index is 0.204. The number of hydrogen-bond donors (Lipinski definition) is 1.